The third-order valence-electron chi connectivity index (χ3n) is 5.23. The largest absolute Gasteiger partial charge is 0.480 e. The topological polar surface area (TPSA) is 134 Å². The average molecular weight is 466 g/mol. The number of benzene rings is 1. The maximum Gasteiger partial charge on any atom is 0.408 e. The zero-order chi connectivity index (χ0) is 25.0. The summed E-state index contributed by atoms with van der Waals surface area (Å²) in [6.07, 6.45) is -1.29. The average Bonchev–Trinajstić information content (AvgIpc) is 3.11. The zero-order valence-electron chi connectivity index (χ0n) is 19.5. The third-order valence-corrected chi connectivity index (χ3v) is 5.23. The first kappa shape index (κ1) is 26.2. The van der Waals surface area contributed by atoms with Crippen LogP contribution in [0.5, 0.6) is 0 Å². The van der Waals surface area contributed by atoms with E-state index < -0.39 is 65.6 Å². The van der Waals surface area contributed by atoms with Crippen LogP contribution >= 0.6 is 0 Å². The number of carbonyl (C=O) groups is 4. The Kier molecular flexibility index (Phi) is 8.18. The maximum absolute atomic E-state index is 14.6. The molecule has 4 N–H and O–H groups in total. The number of carbonyl (C=O) groups excluding carboxylic acids is 3. The van der Waals surface area contributed by atoms with E-state index in [1.54, 1.807) is 26.8 Å². The highest BCUT2D eigenvalue weighted by molar-refractivity contribution is 6.10. The molecular weight excluding hydrogens is 433 g/mol. The first-order valence-corrected chi connectivity index (χ1v) is 10.8. The number of aliphatic carboxylic acids is 1. The van der Waals surface area contributed by atoms with E-state index in [1.165, 1.54) is 18.2 Å². The second kappa shape index (κ2) is 10.3. The van der Waals surface area contributed by atoms with Crippen LogP contribution in [0.25, 0.3) is 0 Å². The molecule has 0 radical (unpaired) electrons. The fourth-order valence-corrected chi connectivity index (χ4v) is 3.65. The van der Waals surface area contributed by atoms with Gasteiger partial charge in [-0.05, 0) is 39.2 Å². The highest BCUT2D eigenvalue weighted by Gasteiger charge is 2.57. The second-order valence-electron chi connectivity index (χ2n) is 9.58. The van der Waals surface area contributed by atoms with E-state index in [0.717, 1.165) is 0 Å². The van der Waals surface area contributed by atoms with Crippen molar-refractivity contribution in [3.05, 3.63) is 35.6 Å². The maximum atomic E-state index is 14.6. The number of hydrogen-bond donors (Lipinski definition) is 4. The number of Topliss-reactive ketones (excluding diaryl/α,β-unsaturated/α-hetero) is 1. The molecule has 1 aromatic rings. The second-order valence-corrected chi connectivity index (χ2v) is 9.58. The van der Waals surface area contributed by atoms with Gasteiger partial charge in [0.15, 0.2) is 11.3 Å². The van der Waals surface area contributed by atoms with Crippen molar-refractivity contribution >= 4 is 23.8 Å². The Bertz CT molecular complexity index is 914. The number of carboxylic acid groups (broad SMARTS) is 1. The fraction of sp³-hybridized carbons (Fsp3) is 0.565. The van der Waals surface area contributed by atoms with Gasteiger partial charge in [-0.25, -0.2) is 14.0 Å². The van der Waals surface area contributed by atoms with Gasteiger partial charge in [-0.2, -0.15) is 0 Å². The molecule has 1 fully saturated rings. The van der Waals surface area contributed by atoms with E-state index in [9.17, 15) is 28.7 Å². The minimum absolute atomic E-state index is 0.0817. The predicted octanol–water partition coefficient (Wildman–Crippen LogP) is 2.17. The van der Waals surface area contributed by atoms with Crippen molar-refractivity contribution in [1.82, 2.24) is 16.0 Å². The molecule has 1 saturated heterocycles. The summed E-state index contributed by atoms with van der Waals surface area (Å²) in [6.45, 7) is 8.43. The molecular formula is C23H32FN3O6. The van der Waals surface area contributed by atoms with Crippen molar-refractivity contribution in [1.29, 1.82) is 0 Å². The highest BCUT2D eigenvalue weighted by Crippen LogP contribution is 2.40. The lowest BCUT2D eigenvalue weighted by Gasteiger charge is -2.25. The molecule has 2 amide bonds. The summed E-state index contributed by atoms with van der Waals surface area (Å²) in [5.74, 6) is -4.39. The minimum atomic E-state index is -2.19. The summed E-state index contributed by atoms with van der Waals surface area (Å²) < 4.78 is 19.7. The number of ether oxygens (including phenoxy) is 1. The van der Waals surface area contributed by atoms with Gasteiger partial charge >= 0.3 is 12.1 Å². The van der Waals surface area contributed by atoms with Gasteiger partial charge in [0.25, 0.3) is 0 Å². The number of hydrogen-bond acceptors (Lipinski definition) is 6. The Labute approximate surface area is 192 Å². The Balaban J connectivity index is 2.33. The molecule has 0 aromatic heterocycles. The predicted molar refractivity (Wildman–Crippen MR) is 118 cm³/mol. The molecule has 0 bridgehead atoms. The van der Waals surface area contributed by atoms with Crippen molar-refractivity contribution in [2.75, 3.05) is 13.1 Å². The monoisotopic (exact) mass is 465 g/mol. The molecule has 0 spiro atoms. The van der Waals surface area contributed by atoms with Crippen molar-refractivity contribution in [3.8, 4) is 0 Å². The first-order chi connectivity index (χ1) is 15.3. The molecule has 3 atom stereocenters. The number of amides is 2. The van der Waals surface area contributed by atoms with Gasteiger partial charge in [0.1, 0.15) is 11.4 Å². The molecule has 0 aliphatic carbocycles. The lowest BCUT2D eigenvalue weighted by atomic mass is 9.85. The van der Waals surface area contributed by atoms with Crippen LogP contribution in [0.3, 0.4) is 0 Å². The number of rotatable bonds is 8. The van der Waals surface area contributed by atoms with Gasteiger partial charge in [-0.15, -0.1) is 0 Å². The smallest absolute Gasteiger partial charge is 0.408 e. The summed E-state index contributed by atoms with van der Waals surface area (Å²) in [5.41, 5.74) is -2.92. The molecule has 10 heteroatoms. The van der Waals surface area contributed by atoms with Crippen LogP contribution in [-0.2, 0) is 19.1 Å². The van der Waals surface area contributed by atoms with Crippen LogP contribution in [0.4, 0.5) is 9.18 Å². The van der Waals surface area contributed by atoms with Gasteiger partial charge < -0.3 is 20.5 Å². The van der Waals surface area contributed by atoms with Crippen molar-refractivity contribution in [2.24, 2.45) is 11.8 Å². The molecule has 1 aromatic carbocycles. The van der Waals surface area contributed by atoms with Crippen molar-refractivity contribution < 1.29 is 33.4 Å². The Morgan fingerprint density at radius 2 is 1.85 bits per heavy atom. The van der Waals surface area contributed by atoms with E-state index in [4.69, 9.17) is 4.74 Å². The highest BCUT2D eigenvalue weighted by atomic mass is 19.1. The van der Waals surface area contributed by atoms with E-state index in [2.05, 4.69) is 16.0 Å². The number of ketones is 1. The molecule has 1 aliphatic heterocycles. The quantitative estimate of drug-likeness (QED) is 0.432. The SMILES string of the molecule is CC(C)CNC(=O)C1CC(C(=O)O)(C(=O)CNC(=O)OC(C)(C)C)NC1c1ccccc1F. The van der Waals surface area contributed by atoms with Gasteiger partial charge in [-0.1, -0.05) is 32.0 Å². The Morgan fingerprint density at radius 1 is 1.21 bits per heavy atom. The lowest BCUT2D eigenvalue weighted by Crippen LogP contribution is -2.57. The van der Waals surface area contributed by atoms with Gasteiger partial charge in [0.2, 0.25) is 5.91 Å². The van der Waals surface area contributed by atoms with Crippen LogP contribution in [0.1, 0.15) is 52.6 Å². The lowest BCUT2D eigenvalue weighted by molar-refractivity contribution is -0.149. The van der Waals surface area contributed by atoms with Crippen LogP contribution in [0, 0.1) is 17.7 Å². The van der Waals surface area contributed by atoms with Crippen molar-refractivity contribution in [3.63, 3.8) is 0 Å². The van der Waals surface area contributed by atoms with E-state index in [-0.39, 0.29) is 11.5 Å². The van der Waals surface area contributed by atoms with Gasteiger partial charge in [0.05, 0.1) is 12.5 Å². The molecule has 3 unspecified atom stereocenters. The number of halogens is 1. The van der Waals surface area contributed by atoms with E-state index >= 15 is 0 Å². The molecule has 9 nitrogen and oxygen atoms in total. The van der Waals surface area contributed by atoms with E-state index in [1.807, 2.05) is 13.8 Å². The summed E-state index contributed by atoms with van der Waals surface area (Å²) in [5, 5.41) is 17.7. The van der Waals surface area contributed by atoms with Crippen LogP contribution < -0.4 is 16.0 Å². The minimum Gasteiger partial charge on any atom is -0.480 e. The normalized spacial score (nSPS) is 22.6. The van der Waals surface area contributed by atoms with Gasteiger partial charge in [0, 0.05) is 18.2 Å². The van der Waals surface area contributed by atoms with Crippen LogP contribution in [-0.4, -0.2) is 53.1 Å². The standard InChI is InChI=1S/C23H32FN3O6/c1-13(2)11-25-19(29)15-10-23(20(30)31,17(28)12-26-21(32)33-22(3,4)5)27-18(15)14-8-6-7-9-16(14)24/h6-9,13,15,18,27H,10-12H2,1-5H3,(H,25,29)(H,26,32)(H,30,31). The molecule has 2 rings (SSSR count). The number of nitrogens with one attached hydrogen (secondary N) is 3. The zero-order valence-corrected chi connectivity index (χ0v) is 19.5. The summed E-state index contributed by atoms with van der Waals surface area (Å²) in [7, 11) is 0. The number of carboxylic acids is 1. The number of alkyl carbamates (subject to hydrolysis) is 1. The van der Waals surface area contributed by atoms with E-state index in [0.29, 0.717) is 6.54 Å². The Morgan fingerprint density at radius 3 is 2.39 bits per heavy atom. The molecule has 1 heterocycles. The molecule has 1 aliphatic rings. The first-order valence-electron chi connectivity index (χ1n) is 10.8. The van der Waals surface area contributed by atoms with Crippen LogP contribution in [0.2, 0.25) is 0 Å². The summed E-state index contributed by atoms with van der Waals surface area (Å²) in [4.78, 5) is 50.2. The third kappa shape index (κ3) is 6.50. The molecule has 33 heavy (non-hydrogen) atoms. The van der Waals surface area contributed by atoms with Gasteiger partial charge in [-0.3, -0.25) is 14.9 Å². The fourth-order valence-electron chi connectivity index (χ4n) is 3.65. The van der Waals surface area contributed by atoms with Crippen molar-refractivity contribution in [2.45, 2.75) is 58.2 Å². The summed E-state index contributed by atoms with van der Waals surface area (Å²) >= 11 is 0. The molecule has 182 valence electrons. The van der Waals surface area contributed by atoms with Crippen LogP contribution in [0.15, 0.2) is 24.3 Å². The Hall–Kier alpha value is -3.01. The molecule has 0 saturated carbocycles. The summed E-state index contributed by atoms with van der Waals surface area (Å²) in [6, 6.07) is 4.63.